The Morgan fingerprint density at radius 1 is 0.909 bits per heavy atom. The SMILES string of the molecule is COc1cc2c(cc1OC)C(COCCN1CCN(c3ccccc3OC)CC1)OCCC2. The Balaban J connectivity index is 1.26. The van der Waals surface area contributed by atoms with Crippen molar-refractivity contribution in [1.82, 2.24) is 4.90 Å². The number of methoxy groups -OCH3 is 3. The highest BCUT2D eigenvalue weighted by Gasteiger charge is 2.23. The summed E-state index contributed by atoms with van der Waals surface area (Å²) in [6.45, 7) is 6.90. The molecule has 1 atom stereocenters. The van der Waals surface area contributed by atoms with E-state index in [-0.39, 0.29) is 6.10 Å². The van der Waals surface area contributed by atoms with Crippen LogP contribution in [0, 0.1) is 0 Å². The molecule has 1 fully saturated rings. The van der Waals surface area contributed by atoms with E-state index in [1.807, 2.05) is 18.2 Å². The number of ether oxygens (including phenoxy) is 5. The highest BCUT2D eigenvalue weighted by molar-refractivity contribution is 5.58. The van der Waals surface area contributed by atoms with Crippen molar-refractivity contribution < 1.29 is 23.7 Å². The molecule has 2 aromatic carbocycles. The first-order valence-corrected chi connectivity index (χ1v) is 11.8. The van der Waals surface area contributed by atoms with Gasteiger partial charge in [-0.3, -0.25) is 4.90 Å². The van der Waals surface area contributed by atoms with Crippen LogP contribution >= 0.6 is 0 Å². The van der Waals surface area contributed by atoms with E-state index in [4.69, 9.17) is 23.7 Å². The second kappa shape index (κ2) is 11.6. The third-order valence-corrected chi connectivity index (χ3v) is 6.52. The fourth-order valence-electron chi connectivity index (χ4n) is 4.66. The molecule has 180 valence electrons. The molecule has 2 aliphatic rings. The number of hydrogen-bond donors (Lipinski definition) is 0. The zero-order valence-corrected chi connectivity index (χ0v) is 20.0. The summed E-state index contributed by atoms with van der Waals surface area (Å²) >= 11 is 0. The van der Waals surface area contributed by atoms with Crippen molar-refractivity contribution in [3.63, 3.8) is 0 Å². The zero-order chi connectivity index (χ0) is 23.0. The summed E-state index contributed by atoms with van der Waals surface area (Å²) in [7, 11) is 5.07. The highest BCUT2D eigenvalue weighted by Crippen LogP contribution is 2.36. The van der Waals surface area contributed by atoms with Crippen molar-refractivity contribution in [2.24, 2.45) is 0 Å². The van der Waals surface area contributed by atoms with Gasteiger partial charge in [0.05, 0.1) is 40.2 Å². The minimum atomic E-state index is -0.0790. The predicted molar refractivity (Wildman–Crippen MR) is 129 cm³/mol. The van der Waals surface area contributed by atoms with E-state index < -0.39 is 0 Å². The smallest absolute Gasteiger partial charge is 0.161 e. The summed E-state index contributed by atoms with van der Waals surface area (Å²) in [5.41, 5.74) is 3.58. The zero-order valence-electron chi connectivity index (χ0n) is 20.0. The average Bonchev–Trinajstić information content (AvgIpc) is 3.07. The molecular formula is C26H36N2O5. The quantitative estimate of drug-likeness (QED) is 0.535. The number of piperazine rings is 1. The van der Waals surface area contributed by atoms with E-state index in [2.05, 4.69) is 28.0 Å². The summed E-state index contributed by atoms with van der Waals surface area (Å²) in [6, 6.07) is 12.4. The van der Waals surface area contributed by atoms with Gasteiger partial charge in [-0.2, -0.15) is 0 Å². The Bertz CT molecular complexity index is 898. The number of fused-ring (bicyclic) bond motifs is 1. The second-order valence-electron chi connectivity index (χ2n) is 8.44. The van der Waals surface area contributed by atoms with E-state index in [9.17, 15) is 0 Å². The lowest BCUT2D eigenvalue weighted by molar-refractivity contribution is -0.0201. The molecule has 7 nitrogen and oxygen atoms in total. The van der Waals surface area contributed by atoms with Gasteiger partial charge >= 0.3 is 0 Å². The third-order valence-electron chi connectivity index (χ3n) is 6.52. The molecule has 0 radical (unpaired) electrons. The minimum absolute atomic E-state index is 0.0790. The van der Waals surface area contributed by atoms with Crippen LogP contribution in [0.3, 0.4) is 0 Å². The molecule has 7 heteroatoms. The Hall–Kier alpha value is -2.48. The Labute approximate surface area is 197 Å². The topological polar surface area (TPSA) is 52.6 Å². The molecule has 2 heterocycles. The second-order valence-corrected chi connectivity index (χ2v) is 8.44. The number of hydrogen-bond acceptors (Lipinski definition) is 7. The van der Waals surface area contributed by atoms with Gasteiger partial charge in [0.1, 0.15) is 11.9 Å². The standard InChI is InChI=1S/C26H36N2O5/c1-29-23-9-5-4-8-22(23)28-12-10-27(11-13-28)14-16-32-19-26-21-18-25(31-3)24(30-2)17-20(21)7-6-15-33-26/h4-5,8-9,17-18,26H,6-7,10-16,19H2,1-3H3. The molecule has 1 saturated heterocycles. The van der Waals surface area contributed by atoms with E-state index >= 15 is 0 Å². The fourth-order valence-corrected chi connectivity index (χ4v) is 4.66. The number of nitrogens with zero attached hydrogens (tertiary/aromatic N) is 2. The maximum atomic E-state index is 6.13. The number of anilines is 1. The van der Waals surface area contributed by atoms with Crippen LogP contribution in [0.25, 0.3) is 0 Å². The first-order valence-electron chi connectivity index (χ1n) is 11.8. The van der Waals surface area contributed by atoms with Crippen molar-refractivity contribution in [2.45, 2.75) is 18.9 Å². The third kappa shape index (κ3) is 5.72. The summed E-state index contributed by atoms with van der Waals surface area (Å²) < 4.78 is 28.7. The lowest BCUT2D eigenvalue weighted by Crippen LogP contribution is -2.47. The van der Waals surface area contributed by atoms with Crippen molar-refractivity contribution in [2.75, 3.05) is 78.8 Å². The molecule has 2 aromatic rings. The lowest BCUT2D eigenvalue weighted by Gasteiger charge is -2.36. The minimum Gasteiger partial charge on any atom is -0.495 e. The van der Waals surface area contributed by atoms with Gasteiger partial charge in [0.2, 0.25) is 0 Å². The monoisotopic (exact) mass is 456 g/mol. The largest absolute Gasteiger partial charge is 0.495 e. The van der Waals surface area contributed by atoms with Crippen molar-refractivity contribution in [1.29, 1.82) is 0 Å². The van der Waals surface area contributed by atoms with Crippen molar-refractivity contribution in [3.05, 3.63) is 47.5 Å². The fraction of sp³-hybridized carbons (Fsp3) is 0.538. The van der Waals surface area contributed by atoms with Gasteiger partial charge in [-0.1, -0.05) is 12.1 Å². The van der Waals surface area contributed by atoms with Gasteiger partial charge in [-0.05, 0) is 48.2 Å². The molecule has 2 aliphatic heterocycles. The van der Waals surface area contributed by atoms with Crippen molar-refractivity contribution >= 4 is 5.69 Å². The van der Waals surface area contributed by atoms with Crippen LogP contribution in [-0.4, -0.2) is 78.8 Å². The molecule has 0 spiro atoms. The first kappa shape index (κ1) is 23.7. The molecule has 0 aromatic heterocycles. The molecule has 0 bridgehead atoms. The van der Waals surface area contributed by atoms with Gasteiger partial charge in [0, 0.05) is 39.3 Å². The highest BCUT2D eigenvalue weighted by atomic mass is 16.5. The average molecular weight is 457 g/mol. The van der Waals surface area contributed by atoms with Gasteiger partial charge in [-0.15, -0.1) is 0 Å². The molecule has 0 amide bonds. The van der Waals surface area contributed by atoms with E-state index in [1.165, 1.54) is 11.3 Å². The molecule has 0 N–H and O–H groups in total. The molecule has 0 saturated carbocycles. The van der Waals surface area contributed by atoms with E-state index in [1.54, 1.807) is 21.3 Å². The summed E-state index contributed by atoms with van der Waals surface area (Å²) in [5.74, 6) is 2.44. The summed E-state index contributed by atoms with van der Waals surface area (Å²) in [5, 5.41) is 0. The molecule has 4 rings (SSSR count). The number of para-hydroxylation sites is 2. The maximum Gasteiger partial charge on any atom is 0.161 e. The maximum absolute atomic E-state index is 6.13. The van der Waals surface area contributed by atoms with E-state index in [0.29, 0.717) is 13.2 Å². The summed E-state index contributed by atoms with van der Waals surface area (Å²) in [4.78, 5) is 4.86. The number of rotatable bonds is 9. The van der Waals surface area contributed by atoms with Crippen molar-refractivity contribution in [3.8, 4) is 17.2 Å². The van der Waals surface area contributed by atoms with Gasteiger partial charge in [-0.25, -0.2) is 0 Å². The normalized spacial score (nSPS) is 19.0. The van der Waals surface area contributed by atoms with Crippen LogP contribution < -0.4 is 19.1 Å². The van der Waals surface area contributed by atoms with Crippen LogP contribution in [-0.2, 0) is 15.9 Å². The Morgan fingerprint density at radius 2 is 1.64 bits per heavy atom. The summed E-state index contributed by atoms with van der Waals surface area (Å²) in [6.07, 6.45) is 1.89. The number of aryl methyl sites for hydroxylation is 1. The Kier molecular flexibility index (Phi) is 8.31. The molecular weight excluding hydrogens is 420 g/mol. The molecule has 1 unspecified atom stereocenters. The van der Waals surface area contributed by atoms with Gasteiger partial charge in [0.25, 0.3) is 0 Å². The predicted octanol–water partition coefficient (Wildman–Crippen LogP) is 3.56. The number of benzene rings is 2. The van der Waals surface area contributed by atoms with Gasteiger partial charge in [0.15, 0.2) is 11.5 Å². The van der Waals surface area contributed by atoms with Crippen LogP contribution in [0.2, 0.25) is 0 Å². The first-order chi connectivity index (χ1) is 16.2. The van der Waals surface area contributed by atoms with Crippen LogP contribution in [0.15, 0.2) is 36.4 Å². The van der Waals surface area contributed by atoms with E-state index in [0.717, 1.165) is 75.0 Å². The van der Waals surface area contributed by atoms with Crippen LogP contribution in [0.4, 0.5) is 5.69 Å². The molecule has 0 aliphatic carbocycles. The van der Waals surface area contributed by atoms with Gasteiger partial charge < -0.3 is 28.6 Å². The van der Waals surface area contributed by atoms with Crippen LogP contribution in [0.5, 0.6) is 17.2 Å². The lowest BCUT2D eigenvalue weighted by atomic mass is 9.99. The Morgan fingerprint density at radius 3 is 2.39 bits per heavy atom. The van der Waals surface area contributed by atoms with Crippen LogP contribution in [0.1, 0.15) is 23.7 Å². The molecule has 33 heavy (non-hydrogen) atoms.